The highest BCUT2D eigenvalue weighted by molar-refractivity contribution is 6.17. The van der Waals surface area contributed by atoms with Gasteiger partial charge in [0, 0.05) is 16.2 Å². The largest absolute Gasteiger partial charge is 0.304 e. The molecule has 152 valence electrons. The van der Waals surface area contributed by atoms with Crippen LogP contribution in [0.15, 0.2) is 48.8 Å². The molecular formula is C24H14F4N3+. The summed E-state index contributed by atoms with van der Waals surface area (Å²) in [7, 11) is 1.62. The van der Waals surface area contributed by atoms with Gasteiger partial charge in [0.05, 0.1) is 23.8 Å². The van der Waals surface area contributed by atoms with Crippen LogP contribution in [0.1, 0.15) is 5.56 Å². The van der Waals surface area contributed by atoms with Crippen LogP contribution in [-0.4, -0.2) is 9.38 Å². The highest BCUT2D eigenvalue weighted by Crippen LogP contribution is 2.42. The highest BCUT2D eigenvalue weighted by atomic mass is 19.2. The summed E-state index contributed by atoms with van der Waals surface area (Å²) < 4.78 is 61.2. The maximum Gasteiger partial charge on any atom is 0.287 e. The maximum absolute atomic E-state index is 15.1. The van der Waals surface area contributed by atoms with Crippen molar-refractivity contribution < 1.29 is 22.1 Å². The maximum atomic E-state index is 15.1. The monoisotopic (exact) mass is 420 g/mol. The molecule has 3 heterocycles. The fourth-order valence-electron chi connectivity index (χ4n) is 4.75. The number of fused-ring (bicyclic) bond motifs is 4. The van der Waals surface area contributed by atoms with E-state index in [2.05, 4.69) is 4.98 Å². The van der Waals surface area contributed by atoms with Crippen molar-refractivity contribution in [1.82, 2.24) is 9.38 Å². The molecule has 0 atom stereocenters. The fourth-order valence-corrected chi connectivity index (χ4v) is 4.75. The van der Waals surface area contributed by atoms with E-state index in [-0.39, 0.29) is 5.69 Å². The molecule has 7 heteroatoms. The standard InChI is InChI=1S/C24H14F4N3/c1-11-12-7-5-8-14-13-6-3-4-9-15(13)31(23(12)14)22(11)24-16-17(25)18(26)19(27)20(28)21(16)29-10-30(24)2/h3-10H,1-2H3/q+1. The van der Waals surface area contributed by atoms with Crippen LogP contribution in [0.5, 0.6) is 0 Å². The lowest BCUT2D eigenvalue weighted by Crippen LogP contribution is -2.33. The number of aromatic nitrogens is 3. The van der Waals surface area contributed by atoms with Crippen LogP contribution in [-0.2, 0) is 7.05 Å². The number of nitrogens with zero attached hydrogens (tertiary/aromatic N) is 3. The zero-order valence-electron chi connectivity index (χ0n) is 16.5. The molecule has 0 aliphatic heterocycles. The van der Waals surface area contributed by atoms with Gasteiger partial charge in [-0.1, -0.05) is 36.4 Å². The Labute approximate surface area is 173 Å². The molecule has 0 spiro atoms. The molecular weight excluding hydrogens is 406 g/mol. The predicted molar refractivity (Wildman–Crippen MR) is 110 cm³/mol. The third-order valence-corrected chi connectivity index (χ3v) is 6.09. The number of rotatable bonds is 1. The minimum atomic E-state index is -1.87. The molecule has 0 aliphatic rings. The second kappa shape index (κ2) is 5.91. The zero-order chi connectivity index (χ0) is 21.6. The first kappa shape index (κ1) is 18.1. The molecule has 0 saturated carbocycles. The van der Waals surface area contributed by atoms with E-state index in [1.807, 2.05) is 53.8 Å². The SMILES string of the molecule is Cc1c(-c2c3c(F)c(F)c(F)c(F)c3nc[n+]2C)n2c3ccccc3c3cccc1c32. The average molecular weight is 420 g/mol. The Hall–Kier alpha value is -3.74. The van der Waals surface area contributed by atoms with Crippen molar-refractivity contribution in [3.05, 3.63) is 77.6 Å². The molecule has 3 aromatic heterocycles. The van der Waals surface area contributed by atoms with Crippen LogP contribution in [0, 0.1) is 30.2 Å². The third-order valence-electron chi connectivity index (χ3n) is 6.09. The van der Waals surface area contributed by atoms with Gasteiger partial charge in [-0.3, -0.25) is 0 Å². The van der Waals surface area contributed by atoms with Gasteiger partial charge in [0.1, 0.15) is 5.39 Å². The molecule has 3 aromatic carbocycles. The van der Waals surface area contributed by atoms with E-state index < -0.39 is 34.2 Å². The van der Waals surface area contributed by atoms with Gasteiger partial charge in [-0.05, 0) is 23.5 Å². The summed E-state index contributed by atoms with van der Waals surface area (Å²) in [5.74, 6) is -6.69. The van der Waals surface area contributed by atoms with Crippen molar-refractivity contribution in [3.8, 4) is 11.4 Å². The molecule has 0 unspecified atom stereocenters. The van der Waals surface area contributed by atoms with Gasteiger partial charge in [0.2, 0.25) is 17.2 Å². The number of hydrogen-bond donors (Lipinski definition) is 0. The fraction of sp³-hybridized carbons (Fsp3) is 0.0833. The Morgan fingerprint density at radius 2 is 1.48 bits per heavy atom. The van der Waals surface area contributed by atoms with E-state index in [9.17, 15) is 13.2 Å². The van der Waals surface area contributed by atoms with Crippen molar-refractivity contribution in [2.45, 2.75) is 6.92 Å². The smallest absolute Gasteiger partial charge is 0.287 e. The number of halogens is 4. The molecule has 0 radical (unpaired) electrons. The Bertz CT molecular complexity index is 1700. The minimum absolute atomic E-state index is 0.219. The number of aryl methyl sites for hydroxylation is 2. The minimum Gasteiger partial charge on any atom is -0.304 e. The molecule has 31 heavy (non-hydrogen) atoms. The van der Waals surface area contributed by atoms with Crippen molar-refractivity contribution >= 4 is 38.1 Å². The highest BCUT2D eigenvalue weighted by Gasteiger charge is 2.32. The number of benzene rings is 3. The number of hydrogen-bond acceptors (Lipinski definition) is 1. The van der Waals surface area contributed by atoms with E-state index in [1.165, 1.54) is 10.9 Å². The molecule has 0 fully saturated rings. The first-order valence-corrected chi connectivity index (χ1v) is 9.66. The van der Waals surface area contributed by atoms with Gasteiger partial charge in [-0.2, -0.15) is 4.39 Å². The molecule has 6 aromatic rings. The topological polar surface area (TPSA) is 21.2 Å². The first-order valence-electron chi connectivity index (χ1n) is 9.66. The van der Waals surface area contributed by atoms with E-state index in [1.54, 1.807) is 7.05 Å². The Morgan fingerprint density at radius 3 is 2.29 bits per heavy atom. The van der Waals surface area contributed by atoms with E-state index in [0.29, 0.717) is 5.69 Å². The average Bonchev–Trinajstić information content (AvgIpc) is 3.27. The molecule has 0 N–H and O–H groups in total. The van der Waals surface area contributed by atoms with E-state index >= 15 is 4.39 Å². The van der Waals surface area contributed by atoms with Crippen molar-refractivity contribution in [2.75, 3.05) is 0 Å². The van der Waals surface area contributed by atoms with Crippen molar-refractivity contribution in [1.29, 1.82) is 0 Å². The second-order valence-corrected chi connectivity index (χ2v) is 7.71. The van der Waals surface area contributed by atoms with Crippen LogP contribution in [0.3, 0.4) is 0 Å². The molecule has 0 bridgehead atoms. The van der Waals surface area contributed by atoms with Crippen molar-refractivity contribution in [2.24, 2.45) is 7.05 Å². The molecule has 0 saturated heterocycles. The summed E-state index contributed by atoms with van der Waals surface area (Å²) in [6.07, 6.45) is 1.28. The predicted octanol–water partition coefficient (Wildman–Crippen LogP) is 5.59. The third kappa shape index (κ3) is 2.08. The van der Waals surface area contributed by atoms with Crippen LogP contribution < -0.4 is 4.57 Å². The van der Waals surface area contributed by atoms with Gasteiger partial charge in [0.15, 0.2) is 17.3 Å². The molecule has 0 amide bonds. The van der Waals surface area contributed by atoms with Crippen molar-refractivity contribution in [3.63, 3.8) is 0 Å². The quantitative estimate of drug-likeness (QED) is 0.147. The summed E-state index contributed by atoms with van der Waals surface area (Å²) >= 11 is 0. The Kier molecular flexibility index (Phi) is 3.44. The van der Waals surface area contributed by atoms with Gasteiger partial charge in [-0.25, -0.2) is 17.7 Å². The summed E-state index contributed by atoms with van der Waals surface area (Å²) in [5, 5.41) is 2.58. The summed E-state index contributed by atoms with van der Waals surface area (Å²) in [6.45, 7) is 1.88. The van der Waals surface area contributed by atoms with Crippen LogP contribution in [0.4, 0.5) is 17.6 Å². The summed E-state index contributed by atoms with van der Waals surface area (Å²) in [6, 6.07) is 13.7. The van der Waals surface area contributed by atoms with E-state index in [0.717, 1.165) is 32.8 Å². The molecule has 6 rings (SSSR count). The second-order valence-electron chi connectivity index (χ2n) is 7.71. The van der Waals surface area contributed by atoms with Gasteiger partial charge >= 0.3 is 0 Å². The lowest BCUT2D eigenvalue weighted by molar-refractivity contribution is -0.662. The van der Waals surface area contributed by atoms with Gasteiger partial charge in [-0.15, -0.1) is 0 Å². The van der Waals surface area contributed by atoms with Crippen LogP contribution in [0.2, 0.25) is 0 Å². The lowest BCUT2D eigenvalue weighted by atomic mass is 10.0. The van der Waals surface area contributed by atoms with E-state index in [4.69, 9.17) is 0 Å². The first-order chi connectivity index (χ1) is 14.9. The van der Waals surface area contributed by atoms with Gasteiger partial charge < -0.3 is 4.40 Å². The Balaban J connectivity index is 1.93. The summed E-state index contributed by atoms with van der Waals surface area (Å²) in [5.41, 5.74) is 2.88. The molecule has 3 nitrogen and oxygen atoms in total. The number of para-hydroxylation sites is 2. The van der Waals surface area contributed by atoms with Crippen LogP contribution in [0.25, 0.3) is 49.5 Å². The summed E-state index contributed by atoms with van der Waals surface area (Å²) in [4.78, 5) is 3.86. The molecule has 0 aliphatic carbocycles. The van der Waals surface area contributed by atoms with Crippen LogP contribution >= 0.6 is 0 Å². The Morgan fingerprint density at radius 1 is 0.806 bits per heavy atom. The normalized spacial score (nSPS) is 12.2. The zero-order valence-corrected chi connectivity index (χ0v) is 16.5. The van der Waals surface area contributed by atoms with Gasteiger partial charge in [0.25, 0.3) is 6.33 Å². The lowest BCUT2D eigenvalue weighted by Gasteiger charge is -2.10.